The number of hydrogen-bond donors (Lipinski definition) is 1. The first kappa shape index (κ1) is 19.4. The van der Waals surface area contributed by atoms with E-state index in [1.54, 1.807) is 0 Å². The van der Waals surface area contributed by atoms with Gasteiger partial charge >= 0.3 is 6.03 Å². The van der Waals surface area contributed by atoms with Crippen molar-refractivity contribution in [2.45, 2.75) is 19.9 Å². The summed E-state index contributed by atoms with van der Waals surface area (Å²) in [4.78, 5) is 25.8. The summed E-state index contributed by atoms with van der Waals surface area (Å²) in [5.74, 6) is 0.995. The largest absolute Gasteiger partial charge is 0.338 e. The number of hydrogen-bond acceptors (Lipinski definition) is 4. The zero-order chi connectivity index (χ0) is 20.1. The highest BCUT2D eigenvalue weighted by atomic mass is 16.2. The van der Waals surface area contributed by atoms with Gasteiger partial charge in [-0.3, -0.25) is 4.90 Å². The van der Waals surface area contributed by atoms with Crippen LogP contribution in [0.25, 0.3) is 11.2 Å². The monoisotopic (exact) mass is 392 g/mol. The maximum atomic E-state index is 12.4. The fraction of sp³-hybridized carbons (Fsp3) is 0.409. The van der Waals surface area contributed by atoms with Crippen molar-refractivity contribution >= 4 is 17.2 Å². The number of fused-ring (bicyclic) bond motifs is 1. The Morgan fingerprint density at radius 2 is 1.83 bits per heavy atom. The predicted molar refractivity (Wildman–Crippen MR) is 114 cm³/mol. The molecule has 0 unspecified atom stereocenters. The highest BCUT2D eigenvalue weighted by Gasteiger charge is 2.21. The molecule has 4 rings (SSSR count). The third kappa shape index (κ3) is 4.74. The fourth-order valence-corrected chi connectivity index (χ4v) is 3.83. The predicted octanol–water partition coefficient (Wildman–Crippen LogP) is 2.31. The van der Waals surface area contributed by atoms with Gasteiger partial charge in [-0.15, -0.1) is 0 Å². The normalized spacial score (nSPS) is 15.0. The lowest BCUT2D eigenvalue weighted by atomic mass is 10.1. The molecule has 7 nitrogen and oxygen atoms in total. The summed E-state index contributed by atoms with van der Waals surface area (Å²) in [5, 5.41) is 3.05. The maximum Gasteiger partial charge on any atom is 0.317 e. The number of piperazine rings is 1. The van der Waals surface area contributed by atoms with Crippen LogP contribution < -0.4 is 5.32 Å². The highest BCUT2D eigenvalue weighted by molar-refractivity contribution is 5.74. The Morgan fingerprint density at radius 1 is 1.03 bits per heavy atom. The van der Waals surface area contributed by atoms with Gasteiger partial charge in [0.1, 0.15) is 11.3 Å². The Balaban J connectivity index is 1.21. The molecule has 1 aromatic carbocycles. The molecule has 0 aliphatic carbocycles. The Hall–Kier alpha value is -2.93. The van der Waals surface area contributed by atoms with E-state index in [9.17, 15) is 4.79 Å². The molecule has 3 heterocycles. The summed E-state index contributed by atoms with van der Waals surface area (Å²) in [6.07, 6.45) is 2.67. The van der Waals surface area contributed by atoms with Crippen LogP contribution in [0, 0.1) is 6.92 Å². The van der Waals surface area contributed by atoms with E-state index in [4.69, 9.17) is 0 Å². The number of benzene rings is 1. The molecular weight excluding hydrogens is 364 g/mol. The number of nitrogens with zero attached hydrogens (tertiary/aromatic N) is 5. The van der Waals surface area contributed by atoms with Crippen LogP contribution in [0.15, 0.2) is 48.7 Å². The number of nitrogens with one attached hydrogen (secondary N) is 1. The molecule has 0 radical (unpaired) electrons. The molecule has 0 atom stereocenters. The Labute approximate surface area is 171 Å². The van der Waals surface area contributed by atoms with Gasteiger partial charge in [0.05, 0.1) is 0 Å². The minimum Gasteiger partial charge on any atom is -0.338 e. The molecule has 3 aromatic rings. The number of amides is 2. The van der Waals surface area contributed by atoms with Gasteiger partial charge in [0.25, 0.3) is 0 Å². The third-order valence-corrected chi connectivity index (χ3v) is 5.53. The molecule has 2 aromatic heterocycles. The minimum atomic E-state index is 0.0428. The van der Waals surface area contributed by atoms with Crippen LogP contribution >= 0.6 is 0 Å². The van der Waals surface area contributed by atoms with E-state index in [1.165, 1.54) is 5.56 Å². The minimum absolute atomic E-state index is 0.0428. The Morgan fingerprint density at radius 3 is 2.62 bits per heavy atom. The first-order valence-electron chi connectivity index (χ1n) is 10.3. The second-order valence-corrected chi connectivity index (χ2v) is 7.45. The number of aromatic nitrogens is 3. The van der Waals surface area contributed by atoms with Gasteiger partial charge < -0.3 is 14.8 Å². The summed E-state index contributed by atoms with van der Waals surface area (Å²) in [7, 11) is 0. The summed E-state index contributed by atoms with van der Waals surface area (Å²) >= 11 is 0. The summed E-state index contributed by atoms with van der Waals surface area (Å²) < 4.78 is 2.18. The van der Waals surface area contributed by atoms with Crippen molar-refractivity contribution in [2.24, 2.45) is 0 Å². The molecule has 1 N–H and O–H groups in total. The number of urea groups is 1. The molecule has 1 aliphatic rings. The molecule has 29 heavy (non-hydrogen) atoms. The summed E-state index contributed by atoms with van der Waals surface area (Å²) in [6.45, 7) is 7.81. The van der Waals surface area contributed by atoms with Gasteiger partial charge in [-0.05, 0) is 31.0 Å². The molecule has 0 saturated carbocycles. The Bertz CT molecular complexity index is 946. The lowest BCUT2D eigenvalue weighted by molar-refractivity contribution is 0.137. The smallest absolute Gasteiger partial charge is 0.317 e. The van der Waals surface area contributed by atoms with Crippen molar-refractivity contribution in [3.63, 3.8) is 0 Å². The zero-order valence-corrected chi connectivity index (χ0v) is 16.9. The second kappa shape index (κ2) is 9.05. The van der Waals surface area contributed by atoms with Gasteiger partial charge in [0, 0.05) is 52.0 Å². The average Bonchev–Trinajstić information content (AvgIpc) is 3.08. The maximum absolute atomic E-state index is 12.4. The van der Waals surface area contributed by atoms with Crippen LogP contribution in [-0.4, -0.2) is 69.6 Å². The molecule has 1 fully saturated rings. The molecule has 152 valence electrons. The zero-order valence-electron chi connectivity index (χ0n) is 16.9. The first-order valence-corrected chi connectivity index (χ1v) is 10.3. The van der Waals surface area contributed by atoms with E-state index in [1.807, 2.05) is 48.4 Å². The van der Waals surface area contributed by atoms with Crippen molar-refractivity contribution in [1.29, 1.82) is 0 Å². The summed E-state index contributed by atoms with van der Waals surface area (Å²) in [6, 6.07) is 14.2. The molecule has 0 bridgehead atoms. The van der Waals surface area contributed by atoms with Gasteiger partial charge in [-0.1, -0.05) is 30.3 Å². The van der Waals surface area contributed by atoms with E-state index >= 15 is 0 Å². The second-order valence-electron chi connectivity index (χ2n) is 7.45. The van der Waals surface area contributed by atoms with Gasteiger partial charge in [0.2, 0.25) is 0 Å². The van der Waals surface area contributed by atoms with Crippen LogP contribution in [0.1, 0.15) is 11.4 Å². The van der Waals surface area contributed by atoms with E-state index in [2.05, 4.69) is 36.9 Å². The van der Waals surface area contributed by atoms with E-state index < -0.39 is 0 Å². The number of carbonyl (C=O) groups is 1. The highest BCUT2D eigenvalue weighted by Crippen LogP contribution is 2.13. The lowest BCUT2D eigenvalue weighted by Crippen LogP contribution is -2.52. The molecule has 2 amide bonds. The topological polar surface area (TPSA) is 66.3 Å². The van der Waals surface area contributed by atoms with Gasteiger partial charge in [-0.2, -0.15) is 0 Å². The lowest BCUT2D eigenvalue weighted by Gasteiger charge is -2.34. The van der Waals surface area contributed by atoms with Crippen molar-refractivity contribution in [1.82, 2.24) is 29.7 Å². The van der Waals surface area contributed by atoms with Crippen molar-refractivity contribution in [3.8, 4) is 0 Å². The van der Waals surface area contributed by atoms with Crippen molar-refractivity contribution in [3.05, 3.63) is 60.0 Å². The van der Waals surface area contributed by atoms with Crippen LogP contribution in [0.3, 0.4) is 0 Å². The van der Waals surface area contributed by atoms with Crippen LogP contribution in [-0.2, 0) is 13.0 Å². The van der Waals surface area contributed by atoms with Gasteiger partial charge in [-0.25, -0.2) is 14.8 Å². The van der Waals surface area contributed by atoms with Gasteiger partial charge in [0.15, 0.2) is 5.65 Å². The molecule has 1 saturated heterocycles. The van der Waals surface area contributed by atoms with Crippen LogP contribution in [0.5, 0.6) is 0 Å². The Kier molecular flexibility index (Phi) is 6.05. The van der Waals surface area contributed by atoms with Crippen molar-refractivity contribution < 1.29 is 4.79 Å². The van der Waals surface area contributed by atoms with Crippen molar-refractivity contribution in [2.75, 3.05) is 39.3 Å². The number of rotatable bonds is 6. The molecule has 1 aliphatic heterocycles. The van der Waals surface area contributed by atoms with Crippen LogP contribution in [0.2, 0.25) is 0 Å². The molecular formula is C22H28N6O. The number of imidazole rings is 1. The van der Waals surface area contributed by atoms with E-state index in [-0.39, 0.29) is 6.03 Å². The molecule has 7 heteroatoms. The fourth-order valence-electron chi connectivity index (χ4n) is 3.83. The summed E-state index contributed by atoms with van der Waals surface area (Å²) in [5.41, 5.74) is 3.14. The van der Waals surface area contributed by atoms with E-state index in [0.717, 1.165) is 62.7 Å². The van der Waals surface area contributed by atoms with E-state index in [0.29, 0.717) is 6.54 Å². The standard InChI is InChI=1S/C22H28N6O/c1-18-25-20-8-5-10-23-21(20)28(18)17-14-26-12-15-27(16-13-26)22(29)24-11-9-19-6-3-2-4-7-19/h2-8,10H,9,11-17H2,1H3,(H,24,29). The first-order chi connectivity index (χ1) is 14.2. The quantitative estimate of drug-likeness (QED) is 0.699. The number of pyridine rings is 1. The average molecular weight is 393 g/mol. The molecule has 0 spiro atoms. The van der Waals surface area contributed by atoms with Crippen LogP contribution in [0.4, 0.5) is 4.79 Å². The SMILES string of the molecule is Cc1nc2cccnc2n1CCN1CCN(C(=O)NCCc2ccccc2)CC1. The number of carbonyl (C=O) groups excluding carboxylic acids is 1. The number of aryl methyl sites for hydroxylation is 1. The third-order valence-electron chi connectivity index (χ3n) is 5.53.